The zero-order valence-electron chi connectivity index (χ0n) is 34.5. The molecule has 0 amide bonds. The number of hydrogen-bond acceptors (Lipinski definition) is 2. The molecule has 1 aliphatic rings. The number of para-hydroxylation sites is 2. The molecule has 12 rings (SSSR count). The number of hydrogen-bond donors (Lipinski definition) is 0. The van der Waals surface area contributed by atoms with Gasteiger partial charge in [-0.3, -0.25) is 0 Å². The van der Waals surface area contributed by atoms with Crippen molar-refractivity contribution in [2.45, 2.75) is 5.41 Å². The van der Waals surface area contributed by atoms with Crippen LogP contribution in [0.5, 0.6) is 0 Å². The molecule has 1 aromatic heterocycles. The van der Waals surface area contributed by atoms with E-state index in [0.717, 1.165) is 50.1 Å². The van der Waals surface area contributed by atoms with E-state index in [2.05, 4.69) is 241 Å². The third-order valence-corrected chi connectivity index (χ3v) is 13.0. The van der Waals surface area contributed by atoms with Gasteiger partial charge in [-0.2, -0.15) is 0 Å². The average molecular weight is 804 g/mol. The van der Waals surface area contributed by atoms with Crippen molar-refractivity contribution in [3.05, 3.63) is 271 Å². The van der Waals surface area contributed by atoms with Crippen LogP contribution in [0.3, 0.4) is 0 Å². The Morgan fingerprint density at radius 1 is 0.317 bits per heavy atom. The molecule has 0 spiro atoms. The van der Waals surface area contributed by atoms with Gasteiger partial charge in [-0.25, -0.2) is 0 Å². The molecule has 0 N–H and O–H groups in total. The normalized spacial score (nSPS) is 14.1. The summed E-state index contributed by atoms with van der Waals surface area (Å²) < 4.78 is 6.50. The topological polar surface area (TPSA) is 16.4 Å². The van der Waals surface area contributed by atoms with Crippen LogP contribution in [0.2, 0.25) is 0 Å². The van der Waals surface area contributed by atoms with E-state index in [4.69, 9.17) is 4.42 Å². The van der Waals surface area contributed by atoms with E-state index in [1.54, 1.807) is 0 Å². The monoisotopic (exact) mass is 803 g/mol. The molecule has 296 valence electrons. The van der Waals surface area contributed by atoms with Gasteiger partial charge in [-0.1, -0.05) is 212 Å². The van der Waals surface area contributed by atoms with E-state index in [9.17, 15) is 0 Å². The van der Waals surface area contributed by atoms with Crippen LogP contribution in [0.4, 0.5) is 17.1 Å². The number of rotatable bonds is 8. The molecule has 2 heteroatoms. The summed E-state index contributed by atoms with van der Waals surface area (Å²) in [6, 6.07) is 90.2. The van der Waals surface area contributed by atoms with Gasteiger partial charge in [0, 0.05) is 33.3 Å². The molecule has 11 aromatic rings. The van der Waals surface area contributed by atoms with Crippen molar-refractivity contribution in [2.24, 2.45) is 0 Å². The largest absolute Gasteiger partial charge is 0.455 e. The zero-order valence-corrected chi connectivity index (χ0v) is 34.5. The molecule has 1 unspecified atom stereocenters. The highest BCUT2D eigenvalue weighted by Gasteiger charge is 2.47. The van der Waals surface area contributed by atoms with Crippen molar-refractivity contribution < 1.29 is 4.42 Å². The van der Waals surface area contributed by atoms with Crippen LogP contribution < -0.4 is 4.90 Å². The highest BCUT2D eigenvalue weighted by Crippen LogP contribution is 2.59. The lowest BCUT2D eigenvalue weighted by Gasteiger charge is -2.34. The van der Waals surface area contributed by atoms with Gasteiger partial charge >= 0.3 is 0 Å². The van der Waals surface area contributed by atoms with E-state index in [1.807, 2.05) is 12.1 Å². The fourth-order valence-electron chi connectivity index (χ4n) is 10.1. The fraction of sp³-hybridized carbons (Fsp3) is 0.0164. The predicted molar refractivity (Wildman–Crippen MR) is 262 cm³/mol. The first-order chi connectivity index (χ1) is 31.3. The summed E-state index contributed by atoms with van der Waals surface area (Å²) in [6.07, 6.45) is 0. The Hall–Kier alpha value is -8.20. The van der Waals surface area contributed by atoms with Crippen molar-refractivity contribution in [1.29, 1.82) is 0 Å². The molecule has 1 aliphatic carbocycles. The van der Waals surface area contributed by atoms with Crippen molar-refractivity contribution in [2.75, 3.05) is 4.90 Å². The van der Waals surface area contributed by atoms with E-state index in [-0.39, 0.29) is 0 Å². The second-order valence-electron chi connectivity index (χ2n) is 16.4. The minimum atomic E-state index is -0.559. The van der Waals surface area contributed by atoms with Crippen LogP contribution in [0.25, 0.3) is 66.4 Å². The minimum absolute atomic E-state index is 0.559. The Kier molecular flexibility index (Phi) is 8.76. The van der Waals surface area contributed by atoms with Gasteiger partial charge < -0.3 is 9.32 Å². The first kappa shape index (κ1) is 36.6. The van der Waals surface area contributed by atoms with Gasteiger partial charge in [-0.15, -0.1) is 0 Å². The van der Waals surface area contributed by atoms with Crippen molar-refractivity contribution >= 4 is 39.0 Å². The third kappa shape index (κ3) is 5.95. The molecular weight excluding hydrogens is 763 g/mol. The lowest BCUT2D eigenvalue weighted by molar-refractivity contribution is 0.670. The molecule has 1 heterocycles. The van der Waals surface area contributed by atoms with Crippen LogP contribution in [-0.4, -0.2) is 0 Å². The number of fused-ring (bicyclic) bond motifs is 6. The molecule has 1 atom stereocenters. The molecule has 2 nitrogen and oxygen atoms in total. The average Bonchev–Trinajstić information content (AvgIpc) is 3.90. The quantitative estimate of drug-likeness (QED) is 0.152. The first-order valence-corrected chi connectivity index (χ1v) is 21.7. The summed E-state index contributed by atoms with van der Waals surface area (Å²) >= 11 is 0. The molecule has 0 saturated carbocycles. The van der Waals surface area contributed by atoms with Gasteiger partial charge in [0.15, 0.2) is 0 Å². The number of benzene rings is 10. The molecule has 10 aromatic carbocycles. The Balaban J connectivity index is 1.06. The lowest BCUT2D eigenvalue weighted by Crippen LogP contribution is -2.28. The van der Waals surface area contributed by atoms with Crippen LogP contribution in [0.15, 0.2) is 253 Å². The number of furan rings is 1. The summed E-state index contributed by atoms with van der Waals surface area (Å²) in [5, 5.41) is 2.26. The van der Waals surface area contributed by atoms with E-state index >= 15 is 0 Å². The second-order valence-corrected chi connectivity index (χ2v) is 16.4. The molecule has 63 heavy (non-hydrogen) atoms. The zero-order chi connectivity index (χ0) is 41.7. The van der Waals surface area contributed by atoms with Gasteiger partial charge in [0.05, 0.1) is 11.1 Å². The van der Waals surface area contributed by atoms with Crippen molar-refractivity contribution in [3.63, 3.8) is 0 Å². The molecule has 0 fully saturated rings. The summed E-state index contributed by atoms with van der Waals surface area (Å²) in [5.41, 5.74) is 19.0. The maximum atomic E-state index is 6.50. The highest BCUT2D eigenvalue weighted by atomic mass is 16.3. The van der Waals surface area contributed by atoms with E-state index < -0.39 is 5.41 Å². The summed E-state index contributed by atoms with van der Waals surface area (Å²) in [7, 11) is 0. The Morgan fingerprint density at radius 2 is 0.794 bits per heavy atom. The van der Waals surface area contributed by atoms with Gasteiger partial charge in [0.2, 0.25) is 0 Å². The van der Waals surface area contributed by atoms with Crippen LogP contribution in [0.1, 0.15) is 22.3 Å². The molecular formula is C61H41NO. The smallest absolute Gasteiger partial charge is 0.143 e. The molecule has 0 radical (unpaired) electrons. The standard InChI is InChI=1S/C61H41NO/c1-4-16-42(17-5-1)44-30-36-48(37-31-44)61(47-20-8-3-9-21-47)55-26-12-10-23-54(55)59-56(61)27-15-28-57(59)62(49-38-32-45(33-39-49)43-18-6-2-7-19-43)50-40-34-46(35-41-50)51-24-14-25-53-52-22-11-13-29-58(52)63-60(51)53/h1-41H. The van der Waals surface area contributed by atoms with Crippen LogP contribution in [-0.2, 0) is 5.41 Å². The maximum absolute atomic E-state index is 6.50. The summed E-state index contributed by atoms with van der Waals surface area (Å²) in [4.78, 5) is 2.44. The van der Waals surface area contributed by atoms with Crippen LogP contribution in [0, 0.1) is 0 Å². The maximum Gasteiger partial charge on any atom is 0.143 e. The van der Waals surface area contributed by atoms with Crippen molar-refractivity contribution in [3.8, 4) is 44.5 Å². The molecule has 0 aliphatic heterocycles. The molecule has 0 saturated heterocycles. The van der Waals surface area contributed by atoms with E-state index in [1.165, 1.54) is 55.6 Å². The van der Waals surface area contributed by atoms with Gasteiger partial charge in [0.1, 0.15) is 11.2 Å². The summed E-state index contributed by atoms with van der Waals surface area (Å²) in [5.74, 6) is 0. The lowest BCUT2D eigenvalue weighted by atomic mass is 9.67. The van der Waals surface area contributed by atoms with E-state index in [0.29, 0.717) is 0 Å². The Bertz CT molecular complexity index is 3410. The van der Waals surface area contributed by atoms with Crippen LogP contribution >= 0.6 is 0 Å². The minimum Gasteiger partial charge on any atom is -0.455 e. The predicted octanol–water partition coefficient (Wildman–Crippen LogP) is 16.4. The van der Waals surface area contributed by atoms with Gasteiger partial charge in [0.25, 0.3) is 0 Å². The van der Waals surface area contributed by atoms with Gasteiger partial charge in [-0.05, 0) is 92.0 Å². The van der Waals surface area contributed by atoms with Crippen molar-refractivity contribution in [1.82, 2.24) is 0 Å². The Labute approximate surface area is 367 Å². The second kappa shape index (κ2) is 15.1. The number of anilines is 3. The fourth-order valence-corrected chi connectivity index (χ4v) is 10.1. The first-order valence-electron chi connectivity index (χ1n) is 21.7. The summed E-state index contributed by atoms with van der Waals surface area (Å²) in [6.45, 7) is 0. The third-order valence-electron chi connectivity index (χ3n) is 13.0. The number of nitrogens with zero attached hydrogens (tertiary/aromatic N) is 1. The Morgan fingerprint density at radius 3 is 1.48 bits per heavy atom. The highest BCUT2D eigenvalue weighted by molar-refractivity contribution is 6.09. The SMILES string of the molecule is c1ccc(-c2ccc(N(c3ccc(-c4cccc5c4oc4ccccc45)cc3)c3cccc4c3-c3ccccc3C4(c3ccccc3)c3ccc(-c4ccccc4)cc3)cc2)cc1. The molecule has 0 bridgehead atoms.